The predicted octanol–water partition coefficient (Wildman–Crippen LogP) is 4.15. The third-order valence-electron chi connectivity index (χ3n) is 3.92. The summed E-state index contributed by atoms with van der Waals surface area (Å²) in [5, 5.41) is 6.53. The van der Waals surface area contributed by atoms with Crippen molar-refractivity contribution in [3.8, 4) is 0 Å². The molecule has 0 aliphatic rings. The lowest BCUT2D eigenvalue weighted by atomic mass is 9.94. The fraction of sp³-hybridized carbons (Fsp3) is 0.762. The van der Waals surface area contributed by atoms with E-state index in [1.165, 1.54) is 0 Å². The van der Waals surface area contributed by atoms with E-state index in [2.05, 4.69) is 48.3 Å². The zero-order valence-corrected chi connectivity index (χ0v) is 22.3. The number of guanidine groups is 1. The number of amides is 1. The number of aliphatic imine (C=N–C) groups is 1. The van der Waals surface area contributed by atoms with E-state index >= 15 is 0 Å². The van der Waals surface area contributed by atoms with Crippen LogP contribution in [-0.2, 0) is 16.7 Å². The smallest absolute Gasteiger partial charge is 0.410 e. The molecule has 0 spiro atoms. The first-order valence-electron chi connectivity index (χ1n) is 10.2. The predicted molar refractivity (Wildman–Crippen MR) is 131 cm³/mol. The van der Waals surface area contributed by atoms with Gasteiger partial charge in [-0.25, -0.2) is 14.8 Å². The molecule has 0 radical (unpaired) electrons. The van der Waals surface area contributed by atoms with Gasteiger partial charge in [0.25, 0.3) is 0 Å². The number of carbonyl (C=O) groups is 1. The molecule has 8 nitrogen and oxygen atoms in total. The van der Waals surface area contributed by atoms with Gasteiger partial charge in [-0.3, -0.25) is 0 Å². The van der Waals surface area contributed by atoms with Crippen LogP contribution in [0.25, 0.3) is 0 Å². The Hall–Kier alpha value is -1.52. The molecule has 1 unspecified atom stereocenters. The van der Waals surface area contributed by atoms with Gasteiger partial charge in [-0.1, -0.05) is 27.7 Å². The molecule has 0 aliphatic heterocycles. The van der Waals surface area contributed by atoms with Crippen LogP contribution in [0.5, 0.6) is 0 Å². The molecule has 0 aromatic carbocycles. The maximum atomic E-state index is 12.1. The highest BCUT2D eigenvalue weighted by atomic mass is 127. The maximum absolute atomic E-state index is 12.1. The van der Waals surface area contributed by atoms with Crippen molar-refractivity contribution in [3.05, 3.63) is 17.8 Å². The van der Waals surface area contributed by atoms with Crippen LogP contribution in [0.3, 0.4) is 0 Å². The zero-order chi connectivity index (χ0) is 22.2. The third-order valence-corrected chi connectivity index (χ3v) is 3.92. The Kier molecular flexibility index (Phi) is 11.7. The molecule has 9 heteroatoms. The number of nitrogens with zero attached hydrogens (tertiary/aromatic N) is 3. The molecule has 0 bridgehead atoms. The van der Waals surface area contributed by atoms with Gasteiger partial charge >= 0.3 is 6.09 Å². The van der Waals surface area contributed by atoms with Crippen LogP contribution in [0.4, 0.5) is 4.79 Å². The van der Waals surface area contributed by atoms with Gasteiger partial charge in [0.1, 0.15) is 17.9 Å². The van der Waals surface area contributed by atoms with Crippen molar-refractivity contribution >= 4 is 36.0 Å². The lowest BCUT2D eigenvalue weighted by Crippen LogP contribution is -2.42. The van der Waals surface area contributed by atoms with Crippen LogP contribution in [-0.4, -0.2) is 54.2 Å². The minimum absolute atomic E-state index is 0. The van der Waals surface area contributed by atoms with Crippen molar-refractivity contribution in [2.45, 2.75) is 73.0 Å². The van der Waals surface area contributed by atoms with Crippen molar-refractivity contribution in [1.82, 2.24) is 20.5 Å². The Morgan fingerprint density at radius 1 is 1.27 bits per heavy atom. The number of aromatic nitrogens is 1. The number of halogens is 1. The summed E-state index contributed by atoms with van der Waals surface area (Å²) in [6.07, 6.45) is 1.45. The number of oxazole rings is 1. The van der Waals surface area contributed by atoms with Crippen LogP contribution in [0.15, 0.2) is 15.6 Å². The Bertz CT molecular complexity index is 677. The molecule has 0 aliphatic carbocycles. The Morgan fingerprint density at radius 3 is 2.40 bits per heavy atom. The average Bonchev–Trinajstić information content (AvgIpc) is 3.05. The summed E-state index contributed by atoms with van der Waals surface area (Å²) in [6, 6.07) is 0. The van der Waals surface area contributed by atoms with Crippen LogP contribution < -0.4 is 10.6 Å². The van der Waals surface area contributed by atoms with E-state index in [1.54, 1.807) is 18.1 Å². The normalized spacial score (nSPS) is 13.3. The molecular weight excluding hydrogens is 497 g/mol. The summed E-state index contributed by atoms with van der Waals surface area (Å²) in [7, 11) is 1.75. The van der Waals surface area contributed by atoms with Crippen molar-refractivity contribution in [1.29, 1.82) is 0 Å². The van der Waals surface area contributed by atoms with E-state index in [0.717, 1.165) is 12.3 Å². The van der Waals surface area contributed by atoms with Gasteiger partial charge in [-0.15, -0.1) is 24.0 Å². The number of rotatable bonds is 7. The lowest BCUT2D eigenvalue weighted by molar-refractivity contribution is 0.0278. The summed E-state index contributed by atoms with van der Waals surface area (Å²) >= 11 is 0. The van der Waals surface area contributed by atoms with Gasteiger partial charge in [-0.05, 0) is 33.6 Å². The van der Waals surface area contributed by atoms with Crippen LogP contribution in [0.1, 0.15) is 67.0 Å². The maximum Gasteiger partial charge on any atom is 0.410 e. The summed E-state index contributed by atoms with van der Waals surface area (Å²) in [4.78, 5) is 22.6. The summed E-state index contributed by atoms with van der Waals surface area (Å²) in [5.41, 5.74) is -0.572. The van der Waals surface area contributed by atoms with Gasteiger partial charge < -0.3 is 24.7 Å². The Balaban J connectivity index is 0.00000841. The van der Waals surface area contributed by atoms with Crippen molar-refractivity contribution in [3.63, 3.8) is 0 Å². The molecule has 30 heavy (non-hydrogen) atoms. The first kappa shape index (κ1) is 28.5. The molecule has 0 saturated heterocycles. The van der Waals surface area contributed by atoms with E-state index < -0.39 is 5.60 Å². The van der Waals surface area contributed by atoms with Crippen LogP contribution >= 0.6 is 24.0 Å². The highest BCUT2D eigenvalue weighted by molar-refractivity contribution is 14.0. The summed E-state index contributed by atoms with van der Waals surface area (Å²) in [5.74, 6) is 2.34. The van der Waals surface area contributed by atoms with E-state index in [9.17, 15) is 4.79 Å². The second-order valence-corrected chi connectivity index (χ2v) is 9.41. The average molecular weight is 537 g/mol. The molecule has 1 rings (SSSR count). The fourth-order valence-corrected chi connectivity index (χ4v) is 2.44. The summed E-state index contributed by atoms with van der Waals surface area (Å²) < 4.78 is 11.2. The second kappa shape index (κ2) is 12.4. The molecule has 1 heterocycles. The van der Waals surface area contributed by atoms with Crippen molar-refractivity contribution < 1.29 is 13.9 Å². The van der Waals surface area contributed by atoms with E-state index in [1.807, 2.05) is 27.7 Å². The molecule has 1 amide bonds. The molecule has 1 atom stereocenters. The molecule has 0 fully saturated rings. The first-order chi connectivity index (χ1) is 13.3. The third kappa shape index (κ3) is 11.0. The number of nitrogens with one attached hydrogen (secondary N) is 2. The van der Waals surface area contributed by atoms with E-state index in [-0.39, 0.29) is 41.4 Å². The molecule has 2 N–H and O–H groups in total. The molecule has 1 aromatic rings. The number of ether oxygens (including phenoxy) is 1. The largest absolute Gasteiger partial charge is 0.444 e. The quantitative estimate of drug-likeness (QED) is 0.309. The molecule has 0 saturated carbocycles. The minimum Gasteiger partial charge on any atom is -0.444 e. The van der Waals surface area contributed by atoms with E-state index in [4.69, 9.17) is 9.15 Å². The number of hydrogen-bond donors (Lipinski definition) is 2. The molecular formula is C21H40IN5O3. The topological polar surface area (TPSA) is 92.0 Å². The highest BCUT2D eigenvalue weighted by Gasteiger charge is 2.21. The number of hydrogen-bond acceptors (Lipinski definition) is 5. The Morgan fingerprint density at radius 2 is 1.90 bits per heavy atom. The highest BCUT2D eigenvalue weighted by Crippen LogP contribution is 2.22. The standard InChI is InChI=1S/C21H39N5O3.HI/c1-10-22-18(25-13-17-23-12-16(28-17)20(3,4)5)24-11-15(2)14-26(9)19(27)29-21(6,7)8;/h12,15H,10-11,13-14H2,1-9H3,(H2,22,24,25);1H. The van der Waals surface area contributed by atoms with E-state index in [0.29, 0.717) is 31.5 Å². The zero-order valence-electron chi connectivity index (χ0n) is 20.0. The molecule has 1 aromatic heterocycles. The number of carbonyl (C=O) groups excluding carboxylic acids is 1. The van der Waals surface area contributed by atoms with Crippen LogP contribution in [0, 0.1) is 5.92 Å². The minimum atomic E-state index is -0.496. The first-order valence-corrected chi connectivity index (χ1v) is 10.2. The SMILES string of the molecule is CCNC(=NCc1ncc(C(C)(C)C)o1)NCC(C)CN(C)C(=O)OC(C)(C)C.I. The van der Waals surface area contributed by atoms with Gasteiger partial charge in [0, 0.05) is 32.1 Å². The Labute approximate surface area is 198 Å². The van der Waals surface area contributed by atoms with Crippen LogP contribution in [0.2, 0.25) is 0 Å². The summed E-state index contributed by atoms with van der Waals surface area (Å²) in [6.45, 7) is 18.3. The van der Waals surface area contributed by atoms with Crippen molar-refractivity contribution in [2.24, 2.45) is 10.9 Å². The monoisotopic (exact) mass is 537 g/mol. The van der Waals surface area contributed by atoms with Crippen molar-refractivity contribution in [2.75, 3.05) is 26.7 Å². The van der Waals surface area contributed by atoms with Gasteiger partial charge in [0.15, 0.2) is 5.96 Å². The lowest BCUT2D eigenvalue weighted by Gasteiger charge is -2.26. The van der Waals surface area contributed by atoms with Gasteiger partial charge in [0.05, 0.1) is 6.20 Å². The van der Waals surface area contributed by atoms with Gasteiger partial charge in [0.2, 0.25) is 5.89 Å². The molecule has 174 valence electrons. The van der Waals surface area contributed by atoms with Gasteiger partial charge in [-0.2, -0.15) is 0 Å². The fourth-order valence-electron chi connectivity index (χ4n) is 2.44. The second-order valence-electron chi connectivity index (χ2n) is 9.41.